The number of rotatable bonds is 6. The maximum atomic E-state index is 13.4. The molecule has 0 aliphatic carbocycles. The van der Waals surface area contributed by atoms with E-state index in [0.29, 0.717) is 33.3 Å². The SMILES string of the molecule is COc1ccc(C)c2sc(N(Cc3ccccn3)C(=O)Cn3cnc(C)c(C)c3=O)nc12. The van der Waals surface area contributed by atoms with Crippen LogP contribution in [-0.4, -0.2) is 32.5 Å². The molecular formula is C23H23N5O3S. The van der Waals surface area contributed by atoms with E-state index in [2.05, 4.69) is 9.97 Å². The van der Waals surface area contributed by atoms with Crippen LogP contribution in [0.2, 0.25) is 0 Å². The monoisotopic (exact) mass is 449 g/mol. The molecule has 4 aromatic rings. The van der Waals surface area contributed by atoms with Crippen LogP contribution >= 0.6 is 11.3 Å². The summed E-state index contributed by atoms with van der Waals surface area (Å²) in [6.07, 6.45) is 3.09. The summed E-state index contributed by atoms with van der Waals surface area (Å²) in [7, 11) is 1.60. The molecule has 3 aromatic heterocycles. The molecular weight excluding hydrogens is 426 g/mol. The minimum Gasteiger partial charge on any atom is -0.494 e. The number of aryl methyl sites for hydroxylation is 2. The first kappa shape index (κ1) is 21.6. The number of pyridine rings is 1. The Kier molecular flexibility index (Phi) is 6.00. The molecule has 1 aromatic carbocycles. The van der Waals surface area contributed by atoms with Crippen molar-refractivity contribution in [3.05, 3.63) is 75.7 Å². The number of methoxy groups -OCH3 is 1. The van der Waals surface area contributed by atoms with Crippen molar-refractivity contribution >= 4 is 32.6 Å². The van der Waals surface area contributed by atoms with Gasteiger partial charge in [0, 0.05) is 17.5 Å². The van der Waals surface area contributed by atoms with Gasteiger partial charge in [-0.25, -0.2) is 9.97 Å². The lowest BCUT2D eigenvalue weighted by Crippen LogP contribution is -2.37. The zero-order chi connectivity index (χ0) is 22.8. The average Bonchev–Trinajstić information content (AvgIpc) is 3.25. The first-order valence-corrected chi connectivity index (χ1v) is 10.9. The molecule has 0 fully saturated rings. The Morgan fingerprint density at radius 1 is 1.16 bits per heavy atom. The smallest absolute Gasteiger partial charge is 0.256 e. The van der Waals surface area contributed by atoms with Crippen LogP contribution < -0.4 is 15.2 Å². The van der Waals surface area contributed by atoms with Crippen LogP contribution in [0.25, 0.3) is 10.2 Å². The van der Waals surface area contributed by atoms with Crippen molar-refractivity contribution in [3.63, 3.8) is 0 Å². The first-order valence-electron chi connectivity index (χ1n) is 10.1. The fourth-order valence-corrected chi connectivity index (χ4v) is 4.38. The van der Waals surface area contributed by atoms with Crippen molar-refractivity contribution in [2.24, 2.45) is 0 Å². The summed E-state index contributed by atoms with van der Waals surface area (Å²) in [6, 6.07) is 9.38. The van der Waals surface area contributed by atoms with Gasteiger partial charge in [0.1, 0.15) is 17.8 Å². The zero-order valence-electron chi connectivity index (χ0n) is 18.3. The number of thiazole rings is 1. The Morgan fingerprint density at radius 3 is 2.69 bits per heavy atom. The molecule has 0 aliphatic heterocycles. The Labute approximate surface area is 189 Å². The summed E-state index contributed by atoms with van der Waals surface area (Å²) in [5.41, 5.74) is 3.41. The molecule has 1 amide bonds. The van der Waals surface area contributed by atoms with Crippen molar-refractivity contribution in [2.45, 2.75) is 33.9 Å². The molecule has 0 unspecified atom stereocenters. The maximum Gasteiger partial charge on any atom is 0.256 e. The Balaban J connectivity index is 1.76. The average molecular weight is 450 g/mol. The lowest BCUT2D eigenvalue weighted by molar-refractivity contribution is -0.119. The molecule has 3 heterocycles. The lowest BCUT2D eigenvalue weighted by atomic mass is 10.2. The van der Waals surface area contributed by atoms with Crippen molar-refractivity contribution in [2.75, 3.05) is 12.0 Å². The minimum atomic E-state index is -0.279. The molecule has 4 rings (SSSR count). The number of hydrogen-bond acceptors (Lipinski definition) is 7. The largest absolute Gasteiger partial charge is 0.494 e. The molecule has 0 saturated heterocycles. The van der Waals surface area contributed by atoms with Gasteiger partial charge in [-0.1, -0.05) is 23.5 Å². The van der Waals surface area contributed by atoms with Crippen LogP contribution in [0.15, 0.2) is 47.7 Å². The highest BCUT2D eigenvalue weighted by Crippen LogP contribution is 2.36. The number of fused-ring (bicyclic) bond motifs is 1. The predicted octanol–water partition coefficient (Wildman–Crippen LogP) is 3.42. The van der Waals surface area contributed by atoms with Crippen LogP contribution in [0.1, 0.15) is 22.5 Å². The number of carbonyl (C=O) groups is 1. The molecule has 0 atom stereocenters. The zero-order valence-corrected chi connectivity index (χ0v) is 19.1. The third-order valence-electron chi connectivity index (χ3n) is 5.31. The Hall–Kier alpha value is -3.59. The molecule has 9 heteroatoms. The van der Waals surface area contributed by atoms with Crippen molar-refractivity contribution in [3.8, 4) is 5.75 Å². The van der Waals surface area contributed by atoms with Gasteiger partial charge in [0.15, 0.2) is 5.13 Å². The summed E-state index contributed by atoms with van der Waals surface area (Å²) >= 11 is 1.41. The van der Waals surface area contributed by atoms with E-state index in [1.165, 1.54) is 22.2 Å². The van der Waals surface area contributed by atoms with Crippen LogP contribution in [0.3, 0.4) is 0 Å². The van der Waals surface area contributed by atoms with Gasteiger partial charge >= 0.3 is 0 Å². The molecule has 0 bridgehead atoms. The highest BCUT2D eigenvalue weighted by atomic mass is 32.1. The van der Waals surface area contributed by atoms with E-state index in [4.69, 9.17) is 9.72 Å². The minimum absolute atomic E-state index is 0.147. The highest BCUT2D eigenvalue weighted by Gasteiger charge is 2.23. The fourth-order valence-electron chi connectivity index (χ4n) is 3.31. The summed E-state index contributed by atoms with van der Waals surface area (Å²) in [6.45, 7) is 5.56. The van der Waals surface area contributed by atoms with Gasteiger partial charge in [-0.05, 0) is 44.5 Å². The molecule has 0 radical (unpaired) electrons. The number of amides is 1. The lowest BCUT2D eigenvalue weighted by Gasteiger charge is -2.20. The van der Waals surface area contributed by atoms with E-state index in [1.54, 1.807) is 32.1 Å². The van der Waals surface area contributed by atoms with E-state index < -0.39 is 0 Å². The van der Waals surface area contributed by atoms with Crippen LogP contribution in [0, 0.1) is 20.8 Å². The summed E-state index contributed by atoms with van der Waals surface area (Å²) in [5, 5.41) is 0.521. The van der Waals surface area contributed by atoms with Crippen molar-refractivity contribution < 1.29 is 9.53 Å². The van der Waals surface area contributed by atoms with Gasteiger partial charge in [0.05, 0.1) is 30.4 Å². The quantitative estimate of drug-likeness (QED) is 0.448. The highest BCUT2D eigenvalue weighted by molar-refractivity contribution is 7.22. The molecule has 8 nitrogen and oxygen atoms in total. The van der Waals surface area contributed by atoms with Crippen LogP contribution in [0.5, 0.6) is 5.75 Å². The normalized spacial score (nSPS) is 11.0. The molecule has 32 heavy (non-hydrogen) atoms. The van der Waals surface area contributed by atoms with Gasteiger partial charge in [0.2, 0.25) is 5.91 Å². The first-order chi connectivity index (χ1) is 15.4. The number of aromatic nitrogens is 4. The second-order valence-corrected chi connectivity index (χ2v) is 8.43. The topological polar surface area (TPSA) is 90.2 Å². The van der Waals surface area contributed by atoms with E-state index in [-0.39, 0.29) is 24.6 Å². The fraction of sp³-hybridized carbons (Fsp3) is 0.261. The predicted molar refractivity (Wildman–Crippen MR) is 124 cm³/mol. The van der Waals surface area contributed by atoms with Crippen molar-refractivity contribution in [1.29, 1.82) is 0 Å². The third kappa shape index (κ3) is 4.11. The second-order valence-electron chi connectivity index (χ2n) is 7.45. The number of anilines is 1. The van der Waals surface area contributed by atoms with Gasteiger partial charge in [-0.3, -0.25) is 24.0 Å². The van der Waals surface area contributed by atoms with Gasteiger partial charge in [0.25, 0.3) is 5.56 Å². The summed E-state index contributed by atoms with van der Waals surface area (Å²) in [4.78, 5) is 40.9. The van der Waals surface area contributed by atoms with Crippen LogP contribution in [0.4, 0.5) is 5.13 Å². The molecule has 164 valence electrons. The number of ether oxygens (including phenoxy) is 1. The van der Waals surface area contributed by atoms with E-state index >= 15 is 0 Å². The number of carbonyl (C=O) groups excluding carboxylic acids is 1. The molecule has 0 N–H and O–H groups in total. The van der Waals surface area contributed by atoms with E-state index in [0.717, 1.165) is 10.3 Å². The van der Waals surface area contributed by atoms with Gasteiger partial charge in [-0.15, -0.1) is 0 Å². The van der Waals surface area contributed by atoms with Gasteiger partial charge in [-0.2, -0.15) is 0 Å². The number of hydrogen-bond donors (Lipinski definition) is 0. The van der Waals surface area contributed by atoms with Gasteiger partial charge < -0.3 is 4.74 Å². The molecule has 0 saturated carbocycles. The standard InChI is InChI=1S/C23H23N5O3S/c1-14-8-9-18(31-4)20-21(14)32-23(26-20)28(11-17-7-5-6-10-24-17)19(29)12-27-13-25-16(3)15(2)22(27)30/h5-10,13H,11-12H2,1-4H3. The Morgan fingerprint density at radius 2 is 1.97 bits per heavy atom. The second kappa shape index (κ2) is 8.88. The molecule has 0 spiro atoms. The van der Waals surface area contributed by atoms with Crippen molar-refractivity contribution in [1.82, 2.24) is 19.5 Å². The maximum absolute atomic E-state index is 13.4. The molecule has 0 aliphatic rings. The van der Waals surface area contributed by atoms with E-state index in [9.17, 15) is 9.59 Å². The Bertz CT molecular complexity index is 1350. The summed E-state index contributed by atoms with van der Waals surface area (Å²) in [5.74, 6) is 0.367. The number of nitrogens with zero attached hydrogens (tertiary/aromatic N) is 5. The summed E-state index contributed by atoms with van der Waals surface area (Å²) < 4.78 is 7.74. The van der Waals surface area contributed by atoms with E-state index in [1.807, 2.05) is 37.3 Å². The van der Waals surface area contributed by atoms with Crippen LogP contribution in [-0.2, 0) is 17.9 Å². The number of benzene rings is 1. The third-order valence-corrected chi connectivity index (χ3v) is 6.52.